The summed E-state index contributed by atoms with van der Waals surface area (Å²) in [7, 11) is 0. The van der Waals surface area contributed by atoms with E-state index in [0.717, 1.165) is 34.4 Å². The highest BCUT2D eigenvalue weighted by atomic mass is 15.0. The molecule has 1 aromatic heterocycles. The Kier molecular flexibility index (Phi) is 8.08. The summed E-state index contributed by atoms with van der Waals surface area (Å²) in [5.74, 6) is 5.04. The summed E-state index contributed by atoms with van der Waals surface area (Å²) in [6.45, 7) is 0. The summed E-state index contributed by atoms with van der Waals surface area (Å²) < 4.78 is 0. The first-order chi connectivity index (χ1) is 32.2. The molecule has 0 amide bonds. The second-order valence-corrected chi connectivity index (χ2v) is 19.5. The molecule has 15 rings (SSSR count). The lowest BCUT2D eigenvalue weighted by molar-refractivity contribution is -0.0399. The SMILES string of the molecule is c1ccc(-c2nc(-c3ccccc3)nc(-c3ccc4c(c3)C3(c5cc(-c6ccc7c(c6)C(c6ccccc6)(c6ccccc6)c6ccccc6-7)ccc5-4)C4CC5CC(C4)CC3C5)n2)cc1. The van der Waals surface area contributed by atoms with E-state index in [4.69, 9.17) is 15.0 Å². The van der Waals surface area contributed by atoms with Crippen molar-refractivity contribution in [2.75, 3.05) is 0 Å². The minimum atomic E-state index is -0.438. The summed E-state index contributed by atoms with van der Waals surface area (Å²) >= 11 is 0. The molecule has 65 heavy (non-hydrogen) atoms. The van der Waals surface area contributed by atoms with Gasteiger partial charge < -0.3 is 0 Å². The minimum absolute atomic E-state index is 0.0492. The normalized spacial score (nSPS) is 22.3. The van der Waals surface area contributed by atoms with Crippen molar-refractivity contribution in [1.82, 2.24) is 15.0 Å². The number of nitrogens with zero attached hydrogens (tertiary/aromatic N) is 3. The average molecular weight is 834 g/mol. The Balaban J connectivity index is 0.950. The summed E-state index contributed by atoms with van der Waals surface area (Å²) in [6.07, 6.45) is 6.68. The second-order valence-electron chi connectivity index (χ2n) is 19.5. The third kappa shape index (κ3) is 5.33. The van der Waals surface area contributed by atoms with Gasteiger partial charge in [-0.2, -0.15) is 0 Å². The van der Waals surface area contributed by atoms with Crippen LogP contribution < -0.4 is 0 Å². The van der Waals surface area contributed by atoms with Gasteiger partial charge in [-0.3, -0.25) is 0 Å². The van der Waals surface area contributed by atoms with Crippen molar-refractivity contribution >= 4 is 0 Å². The fourth-order valence-corrected chi connectivity index (χ4v) is 14.1. The Morgan fingerprint density at radius 3 is 1.22 bits per heavy atom. The number of aromatic nitrogens is 3. The molecule has 3 nitrogen and oxygen atoms in total. The smallest absolute Gasteiger partial charge is 0.164 e. The average Bonchev–Trinajstić information content (AvgIpc) is 3.83. The lowest BCUT2D eigenvalue weighted by atomic mass is 9.43. The van der Waals surface area contributed by atoms with Crippen LogP contribution in [0.25, 0.3) is 67.5 Å². The third-order valence-corrected chi connectivity index (χ3v) is 16.4. The first kappa shape index (κ1) is 37.2. The van der Waals surface area contributed by atoms with Gasteiger partial charge >= 0.3 is 0 Å². The van der Waals surface area contributed by atoms with E-state index in [2.05, 4.69) is 188 Å². The summed E-state index contributed by atoms with van der Waals surface area (Å²) in [6, 6.07) is 74.2. The molecular weight excluding hydrogens is 787 g/mol. The van der Waals surface area contributed by atoms with E-state index in [0.29, 0.717) is 23.5 Å². The Hall–Kier alpha value is -7.23. The number of benzene rings is 8. The highest BCUT2D eigenvalue weighted by molar-refractivity contribution is 5.90. The molecule has 4 fully saturated rings. The van der Waals surface area contributed by atoms with Gasteiger partial charge in [0, 0.05) is 22.1 Å². The van der Waals surface area contributed by atoms with Crippen molar-refractivity contribution in [2.24, 2.45) is 23.7 Å². The van der Waals surface area contributed by atoms with Crippen molar-refractivity contribution in [2.45, 2.75) is 42.9 Å². The molecule has 1 heterocycles. The fraction of sp³-hybridized carbons (Fsp3) is 0.177. The van der Waals surface area contributed by atoms with Gasteiger partial charge in [0.1, 0.15) is 0 Å². The molecule has 0 saturated heterocycles. The predicted octanol–water partition coefficient (Wildman–Crippen LogP) is 14.6. The van der Waals surface area contributed by atoms with E-state index >= 15 is 0 Å². The Bertz CT molecular complexity index is 3200. The van der Waals surface area contributed by atoms with Crippen molar-refractivity contribution in [3.8, 4) is 67.5 Å². The lowest BCUT2D eigenvalue weighted by Crippen LogP contribution is -2.55. The molecule has 4 saturated carbocycles. The molecule has 0 radical (unpaired) electrons. The molecule has 8 aromatic carbocycles. The predicted molar refractivity (Wildman–Crippen MR) is 262 cm³/mol. The highest BCUT2D eigenvalue weighted by Crippen LogP contribution is 2.70. The van der Waals surface area contributed by atoms with Crippen LogP contribution in [0.5, 0.6) is 0 Å². The molecule has 0 N–H and O–H groups in total. The van der Waals surface area contributed by atoms with E-state index in [1.807, 2.05) is 12.1 Å². The quantitative estimate of drug-likeness (QED) is 0.167. The van der Waals surface area contributed by atoms with E-state index in [1.165, 1.54) is 93.3 Å². The number of rotatable bonds is 6. The highest BCUT2D eigenvalue weighted by Gasteiger charge is 2.61. The molecule has 310 valence electrons. The lowest BCUT2D eigenvalue weighted by Gasteiger charge is -2.61. The van der Waals surface area contributed by atoms with E-state index < -0.39 is 5.41 Å². The topological polar surface area (TPSA) is 38.7 Å². The molecular formula is C62H47N3. The monoisotopic (exact) mass is 833 g/mol. The molecule has 1 spiro atoms. The van der Waals surface area contributed by atoms with Crippen molar-refractivity contribution in [3.63, 3.8) is 0 Å². The van der Waals surface area contributed by atoms with Crippen LogP contribution in [0.4, 0.5) is 0 Å². The standard InChI is InChI=1S/C62H47N3/c1-5-15-41(16-6-1)58-63-59(42-17-7-2-8-18-42)65-60(64-58)45-27-30-53-52-29-26-44(37-56(52)62(57(53)38-45)48-32-39-31-40(34-48)35-49(62)33-39)43-25-28-51-50-23-13-14-24-54(50)61(55(51)36-43,46-19-9-3-10-20-46)47-21-11-4-12-22-47/h1-30,36-40,48-49H,31-35H2. The molecule has 0 atom stereocenters. The molecule has 0 aliphatic heterocycles. The van der Waals surface area contributed by atoms with E-state index in [1.54, 1.807) is 5.56 Å². The minimum Gasteiger partial charge on any atom is -0.208 e. The summed E-state index contributed by atoms with van der Waals surface area (Å²) in [5.41, 5.74) is 18.9. The van der Waals surface area contributed by atoms with Gasteiger partial charge in [0.2, 0.25) is 0 Å². The van der Waals surface area contributed by atoms with Gasteiger partial charge in [-0.15, -0.1) is 0 Å². The van der Waals surface area contributed by atoms with Crippen LogP contribution in [0.15, 0.2) is 200 Å². The van der Waals surface area contributed by atoms with E-state index in [-0.39, 0.29) is 5.41 Å². The van der Waals surface area contributed by atoms with Crippen LogP contribution in [0.2, 0.25) is 0 Å². The zero-order valence-corrected chi connectivity index (χ0v) is 36.2. The molecule has 0 unspecified atom stereocenters. The summed E-state index contributed by atoms with van der Waals surface area (Å²) in [4.78, 5) is 15.5. The van der Waals surface area contributed by atoms with E-state index in [9.17, 15) is 0 Å². The van der Waals surface area contributed by atoms with Crippen LogP contribution in [-0.4, -0.2) is 15.0 Å². The maximum Gasteiger partial charge on any atom is 0.164 e. The zero-order valence-electron chi connectivity index (χ0n) is 36.2. The Morgan fingerprint density at radius 1 is 0.308 bits per heavy atom. The molecule has 4 bridgehead atoms. The second kappa shape index (κ2) is 14.1. The van der Waals surface area contributed by atoms with Gasteiger partial charge in [0.05, 0.1) is 5.41 Å². The van der Waals surface area contributed by atoms with Gasteiger partial charge in [-0.25, -0.2) is 15.0 Å². The molecule has 3 heteroatoms. The van der Waals surface area contributed by atoms with Crippen molar-refractivity contribution < 1.29 is 0 Å². The van der Waals surface area contributed by atoms with Crippen molar-refractivity contribution in [1.29, 1.82) is 0 Å². The van der Waals surface area contributed by atoms with Crippen LogP contribution in [-0.2, 0) is 10.8 Å². The first-order valence-corrected chi connectivity index (χ1v) is 23.7. The number of hydrogen-bond donors (Lipinski definition) is 0. The maximum atomic E-state index is 5.23. The number of fused-ring (bicyclic) bond motifs is 6. The van der Waals surface area contributed by atoms with Crippen LogP contribution >= 0.6 is 0 Å². The Labute approximate surface area is 381 Å². The zero-order chi connectivity index (χ0) is 42.7. The maximum absolute atomic E-state index is 5.23. The molecule has 9 aromatic rings. The summed E-state index contributed by atoms with van der Waals surface area (Å²) in [5, 5.41) is 0. The first-order valence-electron chi connectivity index (χ1n) is 23.7. The number of hydrogen-bond acceptors (Lipinski definition) is 3. The fourth-order valence-electron chi connectivity index (χ4n) is 14.1. The third-order valence-electron chi connectivity index (χ3n) is 16.4. The van der Waals surface area contributed by atoms with Gasteiger partial charge in [-0.1, -0.05) is 182 Å². The van der Waals surface area contributed by atoms with Crippen LogP contribution in [0, 0.1) is 23.7 Å². The van der Waals surface area contributed by atoms with Gasteiger partial charge in [-0.05, 0) is 141 Å². The van der Waals surface area contributed by atoms with Crippen LogP contribution in [0.1, 0.15) is 65.5 Å². The Morgan fingerprint density at radius 2 is 0.692 bits per heavy atom. The van der Waals surface area contributed by atoms with Crippen molar-refractivity contribution in [3.05, 3.63) is 234 Å². The molecule has 6 aliphatic rings. The largest absolute Gasteiger partial charge is 0.208 e. The van der Waals surface area contributed by atoms with Gasteiger partial charge in [0.15, 0.2) is 17.5 Å². The molecule has 6 aliphatic carbocycles. The van der Waals surface area contributed by atoms with Gasteiger partial charge in [0.25, 0.3) is 0 Å². The van der Waals surface area contributed by atoms with Crippen LogP contribution in [0.3, 0.4) is 0 Å².